The molecule has 4 rings (SSSR count). The first-order chi connectivity index (χ1) is 13.0. The van der Waals surface area contributed by atoms with Crippen LogP contribution in [-0.4, -0.2) is 38.5 Å². The number of aromatic amines is 1. The third kappa shape index (κ3) is 3.21. The number of amides is 1. The Balaban J connectivity index is 1.65. The quantitative estimate of drug-likeness (QED) is 0.649. The number of nitrogens with zero attached hydrogens (tertiary/aromatic N) is 4. The number of carbonyl (C=O) groups is 1. The summed E-state index contributed by atoms with van der Waals surface area (Å²) in [5.41, 5.74) is 4.48. The zero-order valence-corrected chi connectivity index (χ0v) is 14.4. The summed E-state index contributed by atoms with van der Waals surface area (Å²) in [6, 6.07) is 3.37. The van der Waals surface area contributed by atoms with Crippen molar-refractivity contribution in [2.75, 3.05) is 18.0 Å². The molecular formula is C17H18N6O4. The van der Waals surface area contributed by atoms with E-state index in [9.17, 15) is 14.4 Å². The molecule has 0 aromatic carbocycles. The van der Waals surface area contributed by atoms with Gasteiger partial charge in [0.1, 0.15) is 11.1 Å². The van der Waals surface area contributed by atoms with E-state index in [0.29, 0.717) is 37.6 Å². The number of rotatable bonds is 4. The lowest BCUT2D eigenvalue weighted by atomic mass is 9.96. The number of furan rings is 1. The molecular weight excluding hydrogens is 352 g/mol. The predicted octanol–water partition coefficient (Wildman–Crippen LogP) is -0.177. The number of aromatic nitrogens is 4. The van der Waals surface area contributed by atoms with Gasteiger partial charge in [0.05, 0.1) is 12.8 Å². The van der Waals surface area contributed by atoms with Gasteiger partial charge < -0.3 is 15.1 Å². The van der Waals surface area contributed by atoms with Crippen molar-refractivity contribution in [3.05, 3.63) is 51.2 Å². The zero-order valence-electron chi connectivity index (χ0n) is 14.4. The number of hydrogen-bond acceptors (Lipinski definition) is 7. The second-order valence-corrected chi connectivity index (χ2v) is 6.50. The minimum atomic E-state index is -0.569. The van der Waals surface area contributed by atoms with Crippen LogP contribution in [0.25, 0.3) is 11.0 Å². The molecule has 4 heterocycles. The molecule has 0 unspecified atom stereocenters. The standard InChI is InChI=1S/C17H18N6O4/c18-13(24)10-3-5-22(6-4-10)16-19-8-12-14(20-16)21-17(26)23(15(12)25)9-11-2-1-7-27-11/h1-2,7-8,10H,3-6,9H2,(H2,18,24)(H,19,20,21,26). The van der Waals surface area contributed by atoms with Crippen LogP contribution >= 0.6 is 0 Å². The third-order valence-electron chi connectivity index (χ3n) is 4.80. The van der Waals surface area contributed by atoms with Crippen molar-refractivity contribution < 1.29 is 9.21 Å². The maximum atomic E-state index is 12.6. The van der Waals surface area contributed by atoms with Gasteiger partial charge in [0.2, 0.25) is 11.9 Å². The van der Waals surface area contributed by atoms with Crippen LogP contribution in [0.3, 0.4) is 0 Å². The van der Waals surface area contributed by atoms with Gasteiger partial charge in [-0.25, -0.2) is 9.78 Å². The highest BCUT2D eigenvalue weighted by molar-refractivity contribution is 5.77. The van der Waals surface area contributed by atoms with E-state index in [-0.39, 0.29) is 29.4 Å². The first kappa shape index (κ1) is 17.0. The smallest absolute Gasteiger partial charge is 0.330 e. The van der Waals surface area contributed by atoms with Crippen molar-refractivity contribution in [1.29, 1.82) is 0 Å². The van der Waals surface area contributed by atoms with Gasteiger partial charge in [0.15, 0.2) is 5.65 Å². The fraction of sp³-hybridized carbons (Fsp3) is 0.353. The molecule has 0 radical (unpaired) electrons. The first-order valence-corrected chi connectivity index (χ1v) is 8.59. The summed E-state index contributed by atoms with van der Waals surface area (Å²) >= 11 is 0. The van der Waals surface area contributed by atoms with Gasteiger partial charge in [-0.05, 0) is 25.0 Å². The Morgan fingerprint density at radius 2 is 2.11 bits per heavy atom. The van der Waals surface area contributed by atoms with Gasteiger partial charge in [-0.3, -0.25) is 19.1 Å². The maximum Gasteiger partial charge on any atom is 0.330 e. The van der Waals surface area contributed by atoms with Crippen LogP contribution in [0.5, 0.6) is 0 Å². The molecule has 27 heavy (non-hydrogen) atoms. The molecule has 1 amide bonds. The van der Waals surface area contributed by atoms with E-state index in [2.05, 4.69) is 15.0 Å². The molecule has 0 bridgehead atoms. The van der Waals surface area contributed by atoms with Crippen LogP contribution in [0, 0.1) is 5.92 Å². The number of primary amides is 1. The Hall–Kier alpha value is -3.43. The summed E-state index contributed by atoms with van der Waals surface area (Å²) in [5.74, 6) is 0.465. The van der Waals surface area contributed by atoms with Crippen LogP contribution in [0.4, 0.5) is 5.95 Å². The third-order valence-corrected chi connectivity index (χ3v) is 4.80. The number of carbonyl (C=O) groups excluding carboxylic acids is 1. The lowest BCUT2D eigenvalue weighted by Gasteiger charge is -2.30. The minimum Gasteiger partial charge on any atom is -0.467 e. The fourth-order valence-electron chi connectivity index (χ4n) is 3.25. The highest BCUT2D eigenvalue weighted by Crippen LogP contribution is 2.20. The average molecular weight is 370 g/mol. The Kier molecular flexibility index (Phi) is 4.22. The number of nitrogens with one attached hydrogen (secondary N) is 1. The highest BCUT2D eigenvalue weighted by atomic mass is 16.3. The van der Waals surface area contributed by atoms with Gasteiger partial charge in [-0.1, -0.05) is 0 Å². The number of anilines is 1. The Morgan fingerprint density at radius 3 is 2.78 bits per heavy atom. The van der Waals surface area contributed by atoms with E-state index in [4.69, 9.17) is 10.2 Å². The van der Waals surface area contributed by atoms with Gasteiger partial charge in [0, 0.05) is 25.2 Å². The van der Waals surface area contributed by atoms with Crippen molar-refractivity contribution in [2.45, 2.75) is 19.4 Å². The van der Waals surface area contributed by atoms with Gasteiger partial charge in [0.25, 0.3) is 5.56 Å². The van der Waals surface area contributed by atoms with E-state index in [0.717, 1.165) is 4.57 Å². The predicted molar refractivity (Wildman–Crippen MR) is 96.4 cm³/mol. The summed E-state index contributed by atoms with van der Waals surface area (Å²) < 4.78 is 6.24. The van der Waals surface area contributed by atoms with E-state index in [1.54, 1.807) is 12.1 Å². The molecule has 10 heteroatoms. The lowest BCUT2D eigenvalue weighted by Crippen LogP contribution is -2.39. The van der Waals surface area contributed by atoms with E-state index in [1.807, 2.05) is 4.90 Å². The van der Waals surface area contributed by atoms with Crippen LogP contribution < -0.4 is 21.9 Å². The van der Waals surface area contributed by atoms with Crippen molar-refractivity contribution in [2.24, 2.45) is 11.7 Å². The molecule has 3 N–H and O–H groups in total. The van der Waals surface area contributed by atoms with Crippen LogP contribution in [0.2, 0.25) is 0 Å². The van der Waals surface area contributed by atoms with Crippen LogP contribution in [0.1, 0.15) is 18.6 Å². The molecule has 140 valence electrons. The molecule has 0 aliphatic carbocycles. The fourth-order valence-corrected chi connectivity index (χ4v) is 3.25. The largest absolute Gasteiger partial charge is 0.467 e. The van der Waals surface area contributed by atoms with E-state index >= 15 is 0 Å². The number of nitrogens with two attached hydrogens (primary N) is 1. The van der Waals surface area contributed by atoms with Gasteiger partial charge in [-0.15, -0.1) is 0 Å². The molecule has 0 atom stereocenters. The molecule has 3 aromatic rings. The van der Waals surface area contributed by atoms with Crippen LogP contribution in [-0.2, 0) is 11.3 Å². The molecule has 0 saturated carbocycles. The Bertz CT molecular complexity index is 1090. The Labute approximate surface area is 152 Å². The summed E-state index contributed by atoms with van der Waals surface area (Å²) in [6.07, 6.45) is 4.14. The SMILES string of the molecule is NC(=O)C1CCN(c2ncc3c(=O)n(Cc4ccco4)c(=O)[nH]c3n2)CC1. The van der Waals surface area contributed by atoms with Crippen LogP contribution in [0.15, 0.2) is 38.6 Å². The average Bonchev–Trinajstić information content (AvgIpc) is 3.18. The first-order valence-electron chi connectivity index (χ1n) is 8.59. The topological polar surface area (TPSA) is 140 Å². The monoisotopic (exact) mass is 370 g/mol. The highest BCUT2D eigenvalue weighted by Gasteiger charge is 2.25. The second kappa shape index (κ2) is 6.71. The molecule has 3 aromatic heterocycles. The summed E-state index contributed by atoms with van der Waals surface area (Å²) in [7, 11) is 0. The molecule has 1 fully saturated rings. The lowest BCUT2D eigenvalue weighted by molar-refractivity contribution is -0.122. The number of piperidine rings is 1. The summed E-state index contributed by atoms with van der Waals surface area (Å²) in [4.78, 5) is 49.4. The molecule has 1 aliphatic heterocycles. The van der Waals surface area contributed by atoms with Gasteiger partial charge in [-0.2, -0.15) is 4.98 Å². The minimum absolute atomic E-state index is 0.0273. The number of H-pyrrole nitrogens is 1. The number of hydrogen-bond donors (Lipinski definition) is 2. The van der Waals surface area contributed by atoms with Crippen molar-refractivity contribution in [3.8, 4) is 0 Å². The van der Waals surface area contributed by atoms with Crippen molar-refractivity contribution in [1.82, 2.24) is 19.5 Å². The van der Waals surface area contributed by atoms with E-state index < -0.39 is 11.2 Å². The summed E-state index contributed by atoms with van der Waals surface area (Å²) in [6.45, 7) is 1.19. The van der Waals surface area contributed by atoms with E-state index in [1.165, 1.54) is 12.5 Å². The van der Waals surface area contributed by atoms with Crippen molar-refractivity contribution in [3.63, 3.8) is 0 Å². The molecule has 0 spiro atoms. The van der Waals surface area contributed by atoms with Gasteiger partial charge >= 0.3 is 5.69 Å². The maximum absolute atomic E-state index is 12.6. The summed E-state index contributed by atoms with van der Waals surface area (Å²) in [5, 5.41) is 0.219. The Morgan fingerprint density at radius 1 is 1.33 bits per heavy atom. The molecule has 1 saturated heterocycles. The number of fused-ring (bicyclic) bond motifs is 1. The van der Waals surface area contributed by atoms with Crippen molar-refractivity contribution >= 4 is 22.9 Å². The normalized spacial score (nSPS) is 15.3. The molecule has 1 aliphatic rings. The second-order valence-electron chi connectivity index (χ2n) is 6.50. The zero-order chi connectivity index (χ0) is 19.0. The molecule has 10 nitrogen and oxygen atoms in total.